The van der Waals surface area contributed by atoms with Gasteiger partial charge in [0.25, 0.3) is 5.91 Å². The number of fused-ring (bicyclic) bond motifs is 1. The maximum absolute atomic E-state index is 13.1. The molecule has 0 aliphatic carbocycles. The van der Waals surface area contributed by atoms with Crippen molar-refractivity contribution < 1.29 is 18.7 Å². The Morgan fingerprint density at radius 1 is 1.07 bits per heavy atom. The Morgan fingerprint density at radius 3 is 2.64 bits per heavy atom. The fraction of sp³-hybridized carbons (Fsp3) is 0.130. The average molecular weight is 377 g/mol. The molecule has 142 valence electrons. The molecule has 1 amide bonds. The van der Waals surface area contributed by atoms with Crippen LogP contribution in [0.3, 0.4) is 0 Å². The maximum Gasteiger partial charge on any atom is 0.331 e. The summed E-state index contributed by atoms with van der Waals surface area (Å²) in [5, 5.41) is 4.99. The summed E-state index contributed by atoms with van der Waals surface area (Å²) in [5.41, 5.74) is 1.52. The number of nitrogens with one attached hydrogen (secondary N) is 1. The standard InChI is InChI=1S/C23H20FNO3/c1-16(20-11-5-8-18-7-2-3-10-21(18)20)25-22(26)15-28-23(27)13-12-17-6-4-9-19(24)14-17/h2-14,16H,15H2,1H3,(H,25,26)/b13-12+. The molecule has 28 heavy (non-hydrogen) atoms. The van der Waals surface area contributed by atoms with E-state index in [4.69, 9.17) is 4.74 Å². The molecule has 0 saturated carbocycles. The number of hydrogen-bond donors (Lipinski definition) is 1. The molecule has 0 bridgehead atoms. The summed E-state index contributed by atoms with van der Waals surface area (Å²) in [4.78, 5) is 23.9. The lowest BCUT2D eigenvalue weighted by Gasteiger charge is -2.16. The monoisotopic (exact) mass is 377 g/mol. The molecule has 1 N–H and O–H groups in total. The van der Waals surface area contributed by atoms with Gasteiger partial charge in [0.15, 0.2) is 6.61 Å². The van der Waals surface area contributed by atoms with E-state index in [1.165, 1.54) is 18.2 Å². The molecule has 0 aromatic heterocycles. The fourth-order valence-electron chi connectivity index (χ4n) is 2.95. The van der Waals surface area contributed by atoms with Crippen LogP contribution in [0.15, 0.2) is 72.8 Å². The number of rotatable bonds is 6. The molecular weight excluding hydrogens is 357 g/mol. The molecule has 4 nitrogen and oxygen atoms in total. The summed E-state index contributed by atoms with van der Waals surface area (Å²) in [7, 11) is 0. The van der Waals surface area contributed by atoms with Crippen molar-refractivity contribution in [2.24, 2.45) is 0 Å². The number of esters is 1. The van der Waals surface area contributed by atoms with E-state index < -0.39 is 17.7 Å². The molecular formula is C23H20FNO3. The van der Waals surface area contributed by atoms with Crippen molar-refractivity contribution in [2.75, 3.05) is 6.61 Å². The number of carbonyl (C=O) groups excluding carboxylic acids is 2. The second-order valence-corrected chi connectivity index (χ2v) is 6.35. The SMILES string of the molecule is CC(NC(=O)COC(=O)/C=C/c1cccc(F)c1)c1cccc2ccccc12. The van der Waals surface area contributed by atoms with Crippen LogP contribution in [0.1, 0.15) is 24.1 Å². The molecule has 1 unspecified atom stereocenters. The quantitative estimate of drug-likeness (QED) is 0.511. The van der Waals surface area contributed by atoms with Gasteiger partial charge in [0.05, 0.1) is 6.04 Å². The number of ether oxygens (including phenoxy) is 1. The minimum Gasteiger partial charge on any atom is -0.452 e. The van der Waals surface area contributed by atoms with Crippen LogP contribution in [0.4, 0.5) is 4.39 Å². The van der Waals surface area contributed by atoms with E-state index in [9.17, 15) is 14.0 Å². The van der Waals surface area contributed by atoms with Crippen molar-refractivity contribution in [3.63, 3.8) is 0 Å². The number of carbonyl (C=O) groups is 2. The van der Waals surface area contributed by atoms with E-state index in [0.717, 1.165) is 22.4 Å². The van der Waals surface area contributed by atoms with Gasteiger partial charge in [-0.25, -0.2) is 9.18 Å². The number of hydrogen-bond acceptors (Lipinski definition) is 3. The predicted molar refractivity (Wildman–Crippen MR) is 107 cm³/mol. The van der Waals surface area contributed by atoms with Crippen molar-refractivity contribution >= 4 is 28.7 Å². The summed E-state index contributed by atoms with van der Waals surface area (Å²) < 4.78 is 18.0. The van der Waals surface area contributed by atoms with E-state index in [2.05, 4.69) is 5.32 Å². The Balaban J connectivity index is 1.54. The highest BCUT2D eigenvalue weighted by Gasteiger charge is 2.13. The van der Waals surface area contributed by atoms with E-state index in [1.807, 2.05) is 49.4 Å². The van der Waals surface area contributed by atoms with Crippen LogP contribution in [0.2, 0.25) is 0 Å². The van der Waals surface area contributed by atoms with E-state index in [0.29, 0.717) is 5.56 Å². The zero-order valence-electron chi connectivity index (χ0n) is 15.4. The molecule has 3 aromatic rings. The number of benzene rings is 3. The van der Waals surface area contributed by atoms with Gasteiger partial charge >= 0.3 is 5.97 Å². The molecule has 5 heteroatoms. The maximum atomic E-state index is 13.1. The highest BCUT2D eigenvalue weighted by atomic mass is 19.1. The summed E-state index contributed by atoms with van der Waals surface area (Å²) >= 11 is 0. The van der Waals surface area contributed by atoms with Crippen LogP contribution in [-0.2, 0) is 14.3 Å². The van der Waals surface area contributed by atoms with Crippen LogP contribution in [0.25, 0.3) is 16.8 Å². The highest BCUT2D eigenvalue weighted by molar-refractivity contribution is 5.90. The molecule has 0 heterocycles. The minimum atomic E-state index is -0.669. The molecule has 3 rings (SSSR count). The average Bonchev–Trinajstić information content (AvgIpc) is 2.70. The van der Waals surface area contributed by atoms with Gasteiger partial charge in [0.1, 0.15) is 5.82 Å². The van der Waals surface area contributed by atoms with E-state index in [-0.39, 0.29) is 12.6 Å². The fourth-order valence-corrected chi connectivity index (χ4v) is 2.95. The first kappa shape index (κ1) is 19.3. The van der Waals surface area contributed by atoms with Gasteiger partial charge < -0.3 is 10.1 Å². The topological polar surface area (TPSA) is 55.4 Å². The zero-order chi connectivity index (χ0) is 19.9. The van der Waals surface area contributed by atoms with Gasteiger partial charge in [-0.1, -0.05) is 54.6 Å². The highest BCUT2D eigenvalue weighted by Crippen LogP contribution is 2.23. The zero-order valence-corrected chi connectivity index (χ0v) is 15.4. The largest absolute Gasteiger partial charge is 0.452 e. The lowest BCUT2D eigenvalue weighted by molar-refractivity contribution is -0.144. The molecule has 0 saturated heterocycles. The van der Waals surface area contributed by atoms with Crippen LogP contribution < -0.4 is 5.32 Å². The molecule has 0 aliphatic rings. The summed E-state index contributed by atoms with van der Waals surface area (Å²) in [5.74, 6) is -1.46. The Labute approximate surface area is 162 Å². The molecule has 0 spiro atoms. The van der Waals surface area contributed by atoms with Crippen LogP contribution in [0, 0.1) is 5.82 Å². The minimum absolute atomic E-state index is 0.236. The Morgan fingerprint density at radius 2 is 1.82 bits per heavy atom. The van der Waals surface area contributed by atoms with Crippen molar-refractivity contribution in [3.05, 3.63) is 89.8 Å². The summed E-state index contributed by atoms with van der Waals surface area (Å²) in [6.07, 6.45) is 2.60. The van der Waals surface area contributed by atoms with Gasteiger partial charge in [-0.15, -0.1) is 0 Å². The van der Waals surface area contributed by atoms with Crippen molar-refractivity contribution in [1.82, 2.24) is 5.32 Å². The molecule has 1 atom stereocenters. The number of amides is 1. The Kier molecular flexibility index (Phi) is 6.17. The molecule has 0 fully saturated rings. The summed E-state index contributed by atoms with van der Waals surface area (Å²) in [6, 6.07) is 19.4. The van der Waals surface area contributed by atoms with E-state index in [1.54, 1.807) is 12.1 Å². The third-order valence-corrected chi connectivity index (χ3v) is 4.27. The van der Waals surface area contributed by atoms with Gasteiger partial charge in [0, 0.05) is 6.08 Å². The lowest BCUT2D eigenvalue weighted by Crippen LogP contribution is -2.31. The third-order valence-electron chi connectivity index (χ3n) is 4.27. The van der Waals surface area contributed by atoms with E-state index >= 15 is 0 Å². The van der Waals surface area contributed by atoms with Crippen molar-refractivity contribution in [1.29, 1.82) is 0 Å². The van der Waals surface area contributed by atoms with Crippen LogP contribution in [0.5, 0.6) is 0 Å². The van der Waals surface area contributed by atoms with Crippen molar-refractivity contribution in [3.8, 4) is 0 Å². The van der Waals surface area contributed by atoms with Gasteiger partial charge in [-0.3, -0.25) is 4.79 Å². The molecule has 0 aliphatic heterocycles. The van der Waals surface area contributed by atoms with Crippen LogP contribution >= 0.6 is 0 Å². The Bertz CT molecular complexity index is 1020. The second kappa shape index (κ2) is 8.95. The number of halogens is 1. The first-order valence-electron chi connectivity index (χ1n) is 8.90. The third kappa shape index (κ3) is 5.04. The first-order valence-corrected chi connectivity index (χ1v) is 8.90. The molecule has 3 aromatic carbocycles. The van der Waals surface area contributed by atoms with Gasteiger partial charge in [-0.2, -0.15) is 0 Å². The van der Waals surface area contributed by atoms with Gasteiger partial charge in [0.2, 0.25) is 0 Å². The smallest absolute Gasteiger partial charge is 0.331 e. The summed E-state index contributed by atoms with van der Waals surface area (Å²) in [6.45, 7) is 1.49. The normalized spacial score (nSPS) is 12.1. The lowest BCUT2D eigenvalue weighted by atomic mass is 10.00. The van der Waals surface area contributed by atoms with Crippen molar-refractivity contribution in [2.45, 2.75) is 13.0 Å². The Hall–Kier alpha value is -3.47. The first-order chi connectivity index (χ1) is 13.5. The van der Waals surface area contributed by atoms with Gasteiger partial charge in [-0.05, 0) is 47.0 Å². The van der Waals surface area contributed by atoms with Crippen LogP contribution in [-0.4, -0.2) is 18.5 Å². The second-order valence-electron chi connectivity index (χ2n) is 6.35. The molecule has 0 radical (unpaired) electrons. The predicted octanol–water partition coefficient (Wildman–Crippen LogP) is 4.41.